The van der Waals surface area contributed by atoms with Crippen molar-refractivity contribution in [3.63, 3.8) is 0 Å². The van der Waals surface area contributed by atoms with Gasteiger partial charge in [0.05, 0.1) is 11.2 Å². The van der Waals surface area contributed by atoms with E-state index in [-0.39, 0.29) is 11.9 Å². The smallest absolute Gasteiger partial charge is 0.271 e. The number of hydrogen-bond acceptors (Lipinski definition) is 5. The van der Waals surface area contributed by atoms with Gasteiger partial charge in [-0.15, -0.1) is 11.3 Å². The van der Waals surface area contributed by atoms with E-state index in [1.54, 1.807) is 11.3 Å². The molecule has 7 heteroatoms. The largest absolute Gasteiger partial charge is 0.344 e. The van der Waals surface area contributed by atoms with Crippen LogP contribution in [-0.4, -0.2) is 44.5 Å². The lowest BCUT2D eigenvalue weighted by molar-refractivity contribution is 0.0937. The SMILES string of the molecule is Cc1ncsc1CN1CCc2nc(C(=O)NC3C=CCCC3)cn2CC1. The van der Waals surface area contributed by atoms with Crippen LogP contribution in [0.3, 0.4) is 0 Å². The van der Waals surface area contributed by atoms with Crippen LogP contribution in [0.1, 0.15) is 46.1 Å². The summed E-state index contributed by atoms with van der Waals surface area (Å²) >= 11 is 1.73. The second-order valence-corrected chi connectivity index (χ2v) is 8.00. The highest BCUT2D eigenvalue weighted by Crippen LogP contribution is 2.18. The van der Waals surface area contributed by atoms with Crippen LogP contribution < -0.4 is 5.32 Å². The lowest BCUT2D eigenvalue weighted by atomic mass is 10.0. The molecule has 1 N–H and O–H groups in total. The van der Waals surface area contributed by atoms with Gasteiger partial charge in [0, 0.05) is 49.7 Å². The first-order chi connectivity index (χ1) is 12.7. The van der Waals surface area contributed by atoms with Gasteiger partial charge in [0.25, 0.3) is 5.91 Å². The van der Waals surface area contributed by atoms with Gasteiger partial charge in [0.15, 0.2) is 0 Å². The van der Waals surface area contributed by atoms with Crippen molar-refractivity contribution in [2.75, 3.05) is 13.1 Å². The van der Waals surface area contributed by atoms with Crippen LogP contribution in [0.4, 0.5) is 0 Å². The molecule has 2 aliphatic rings. The van der Waals surface area contributed by atoms with E-state index >= 15 is 0 Å². The summed E-state index contributed by atoms with van der Waals surface area (Å²) in [5, 5.41) is 3.09. The lowest BCUT2D eigenvalue weighted by Crippen LogP contribution is -2.34. The molecule has 0 saturated heterocycles. The molecule has 4 rings (SSSR count). The minimum absolute atomic E-state index is 0.0562. The molecule has 1 atom stereocenters. The van der Waals surface area contributed by atoms with Crippen LogP contribution in [0, 0.1) is 6.92 Å². The topological polar surface area (TPSA) is 63.1 Å². The molecule has 3 heterocycles. The number of allylic oxidation sites excluding steroid dienone is 1. The molecule has 1 aliphatic heterocycles. The second kappa shape index (κ2) is 7.72. The molecule has 0 spiro atoms. The first-order valence-corrected chi connectivity index (χ1v) is 10.2. The summed E-state index contributed by atoms with van der Waals surface area (Å²) in [5.74, 6) is 0.956. The van der Waals surface area contributed by atoms with Crippen molar-refractivity contribution in [3.8, 4) is 0 Å². The predicted molar refractivity (Wildman–Crippen MR) is 102 cm³/mol. The molecular weight excluding hydrogens is 346 g/mol. The molecule has 0 aromatic carbocycles. The molecule has 6 nitrogen and oxygen atoms in total. The molecule has 1 amide bonds. The summed E-state index contributed by atoms with van der Waals surface area (Å²) in [6, 6.07) is 0.149. The summed E-state index contributed by atoms with van der Waals surface area (Å²) in [6.45, 7) is 5.81. The first-order valence-electron chi connectivity index (χ1n) is 9.34. The number of aryl methyl sites for hydroxylation is 1. The van der Waals surface area contributed by atoms with E-state index in [9.17, 15) is 4.79 Å². The minimum atomic E-state index is -0.0562. The van der Waals surface area contributed by atoms with Crippen LogP contribution in [0.2, 0.25) is 0 Å². The van der Waals surface area contributed by atoms with Crippen molar-refractivity contribution in [2.45, 2.75) is 51.7 Å². The molecule has 1 aliphatic carbocycles. The average Bonchev–Trinajstić information content (AvgIpc) is 3.19. The standard InChI is InChI=1S/C19H25N5OS/c1-14-17(26-13-20-14)12-23-8-7-18-22-16(11-24(18)10-9-23)19(25)21-15-5-3-2-4-6-15/h3,5,11,13,15H,2,4,6-10,12H2,1H3,(H,21,25). The van der Waals surface area contributed by atoms with Gasteiger partial charge >= 0.3 is 0 Å². The maximum absolute atomic E-state index is 12.5. The quantitative estimate of drug-likeness (QED) is 0.839. The predicted octanol–water partition coefficient (Wildman–Crippen LogP) is 2.54. The van der Waals surface area contributed by atoms with Crippen LogP contribution >= 0.6 is 11.3 Å². The maximum atomic E-state index is 12.5. The van der Waals surface area contributed by atoms with Crippen LogP contribution in [0.15, 0.2) is 23.9 Å². The van der Waals surface area contributed by atoms with Crippen LogP contribution in [0.5, 0.6) is 0 Å². The Labute approximate surface area is 158 Å². The zero-order valence-electron chi connectivity index (χ0n) is 15.1. The van der Waals surface area contributed by atoms with E-state index in [1.807, 2.05) is 11.7 Å². The van der Waals surface area contributed by atoms with E-state index in [2.05, 4.69) is 43.8 Å². The van der Waals surface area contributed by atoms with Crippen molar-refractivity contribution < 1.29 is 4.79 Å². The Morgan fingerprint density at radius 3 is 3.08 bits per heavy atom. The van der Waals surface area contributed by atoms with Crippen molar-refractivity contribution in [2.24, 2.45) is 0 Å². The number of amides is 1. The summed E-state index contributed by atoms with van der Waals surface area (Å²) in [7, 11) is 0. The van der Waals surface area contributed by atoms with Crippen LogP contribution in [0.25, 0.3) is 0 Å². The van der Waals surface area contributed by atoms with Gasteiger partial charge < -0.3 is 9.88 Å². The Kier molecular flexibility index (Phi) is 5.17. The Hall–Kier alpha value is -1.99. The Morgan fingerprint density at radius 1 is 1.38 bits per heavy atom. The summed E-state index contributed by atoms with van der Waals surface area (Å²) in [4.78, 5) is 25.2. The summed E-state index contributed by atoms with van der Waals surface area (Å²) < 4.78 is 2.14. The van der Waals surface area contributed by atoms with Crippen molar-refractivity contribution in [1.29, 1.82) is 0 Å². The highest BCUT2D eigenvalue weighted by molar-refractivity contribution is 7.09. The number of aromatic nitrogens is 3. The number of imidazole rings is 1. The van der Waals surface area contributed by atoms with Crippen molar-refractivity contribution >= 4 is 17.2 Å². The summed E-state index contributed by atoms with van der Waals surface area (Å²) in [6.07, 6.45) is 10.3. The van der Waals surface area contributed by atoms with E-state index in [1.165, 1.54) is 4.88 Å². The molecule has 0 fully saturated rings. The molecule has 1 unspecified atom stereocenters. The van der Waals surface area contributed by atoms with Gasteiger partial charge in [-0.25, -0.2) is 9.97 Å². The third-order valence-corrected chi connectivity index (χ3v) is 6.10. The Balaban J connectivity index is 1.37. The van der Waals surface area contributed by atoms with Crippen molar-refractivity contribution in [3.05, 3.63) is 45.9 Å². The fourth-order valence-electron chi connectivity index (χ4n) is 3.59. The highest BCUT2D eigenvalue weighted by Gasteiger charge is 2.21. The van der Waals surface area contributed by atoms with Gasteiger partial charge in [0.2, 0.25) is 0 Å². The Morgan fingerprint density at radius 2 is 2.31 bits per heavy atom. The molecule has 138 valence electrons. The second-order valence-electron chi connectivity index (χ2n) is 7.06. The number of hydrogen-bond donors (Lipinski definition) is 1. The van der Waals surface area contributed by atoms with Crippen molar-refractivity contribution in [1.82, 2.24) is 24.8 Å². The van der Waals surface area contributed by atoms with Gasteiger partial charge in [-0.3, -0.25) is 9.69 Å². The number of carbonyl (C=O) groups excluding carboxylic acids is 1. The number of nitrogens with zero attached hydrogens (tertiary/aromatic N) is 4. The number of carbonyl (C=O) groups is 1. The number of thiazole rings is 1. The fraction of sp³-hybridized carbons (Fsp3) is 0.526. The van der Waals surface area contributed by atoms with Crippen LogP contribution in [-0.2, 0) is 19.5 Å². The molecular formula is C19H25N5OS. The Bertz CT molecular complexity index is 783. The zero-order chi connectivity index (χ0) is 17.9. The lowest BCUT2D eigenvalue weighted by Gasteiger charge is -2.19. The molecule has 0 radical (unpaired) electrons. The van der Waals surface area contributed by atoms with E-state index in [4.69, 9.17) is 0 Å². The third kappa shape index (κ3) is 3.88. The van der Waals surface area contributed by atoms with Gasteiger partial charge in [-0.1, -0.05) is 12.2 Å². The minimum Gasteiger partial charge on any atom is -0.344 e. The highest BCUT2D eigenvalue weighted by atomic mass is 32.1. The number of nitrogens with one attached hydrogen (secondary N) is 1. The summed E-state index contributed by atoms with van der Waals surface area (Å²) in [5.41, 5.74) is 3.60. The fourth-order valence-corrected chi connectivity index (χ4v) is 4.41. The molecule has 0 saturated carbocycles. The van der Waals surface area contributed by atoms with Gasteiger partial charge in [-0.2, -0.15) is 0 Å². The molecule has 0 bridgehead atoms. The average molecular weight is 372 g/mol. The molecule has 26 heavy (non-hydrogen) atoms. The molecule has 2 aromatic heterocycles. The van der Waals surface area contributed by atoms with E-state index in [0.717, 1.165) is 63.4 Å². The van der Waals surface area contributed by atoms with Gasteiger partial charge in [0.1, 0.15) is 11.5 Å². The third-order valence-electron chi connectivity index (χ3n) is 5.18. The molecule has 2 aromatic rings. The van der Waals surface area contributed by atoms with E-state index < -0.39 is 0 Å². The number of rotatable bonds is 4. The monoisotopic (exact) mass is 371 g/mol. The normalized spacial score (nSPS) is 20.6. The van der Waals surface area contributed by atoms with E-state index in [0.29, 0.717) is 5.69 Å². The van der Waals surface area contributed by atoms with Gasteiger partial charge in [-0.05, 0) is 26.2 Å². The zero-order valence-corrected chi connectivity index (χ0v) is 16.0. The number of fused-ring (bicyclic) bond motifs is 1. The maximum Gasteiger partial charge on any atom is 0.271 e. The first kappa shape index (κ1) is 17.4.